The van der Waals surface area contributed by atoms with E-state index in [9.17, 15) is 9.90 Å². The Morgan fingerprint density at radius 1 is 1.24 bits per heavy atom. The van der Waals surface area contributed by atoms with Gasteiger partial charge in [-0.1, -0.05) is 30.4 Å². The van der Waals surface area contributed by atoms with Crippen LogP contribution in [0.3, 0.4) is 0 Å². The number of hydrogen-bond acceptors (Lipinski definition) is 5. The van der Waals surface area contributed by atoms with Crippen LogP contribution in [0.15, 0.2) is 54.6 Å². The number of phenols is 1. The maximum atomic E-state index is 12.9. The summed E-state index contributed by atoms with van der Waals surface area (Å²) >= 11 is 0. The van der Waals surface area contributed by atoms with Gasteiger partial charge in [-0.2, -0.15) is 0 Å². The number of rotatable bonds is 4. The minimum Gasteiger partial charge on any atom is -0.504 e. The van der Waals surface area contributed by atoms with Crippen molar-refractivity contribution in [3.8, 4) is 17.2 Å². The molecule has 1 saturated heterocycles. The fourth-order valence-corrected chi connectivity index (χ4v) is 6.49. The highest BCUT2D eigenvalue weighted by molar-refractivity contribution is 5.92. The number of likely N-dealkylation sites (N-methyl/N-ethyl adjacent to an activating group) is 1. The van der Waals surface area contributed by atoms with E-state index in [1.807, 2.05) is 30.3 Å². The van der Waals surface area contributed by atoms with Crippen molar-refractivity contribution in [2.75, 3.05) is 20.7 Å². The van der Waals surface area contributed by atoms with Gasteiger partial charge in [-0.15, -0.1) is 0 Å². The minimum atomic E-state index is -0.268. The quantitative estimate of drug-likeness (QED) is 0.560. The minimum absolute atomic E-state index is 0.167. The zero-order chi connectivity index (χ0) is 22.7. The highest BCUT2D eigenvalue weighted by Gasteiger charge is 2.64. The van der Waals surface area contributed by atoms with Gasteiger partial charge in [0.2, 0.25) is 5.91 Å². The topological polar surface area (TPSA) is 71.0 Å². The van der Waals surface area contributed by atoms with Crippen molar-refractivity contribution < 1.29 is 19.4 Å². The number of benzene rings is 2. The number of likely N-dealkylation sites (tertiary alicyclic amines) is 1. The monoisotopic (exact) mass is 444 g/mol. The van der Waals surface area contributed by atoms with Gasteiger partial charge in [-0.3, -0.25) is 4.79 Å². The lowest BCUT2D eigenvalue weighted by Gasteiger charge is -2.57. The fraction of sp³-hybridized carbons (Fsp3) is 0.370. The van der Waals surface area contributed by atoms with E-state index in [0.29, 0.717) is 17.7 Å². The number of nitrogens with zero attached hydrogens (tertiary/aromatic N) is 1. The zero-order valence-electron chi connectivity index (χ0n) is 18.8. The Kier molecular flexibility index (Phi) is 4.56. The summed E-state index contributed by atoms with van der Waals surface area (Å²) in [5, 5.41) is 13.8. The molecular formula is C27H28N2O4. The van der Waals surface area contributed by atoms with Gasteiger partial charge < -0.3 is 24.8 Å². The third-order valence-electron chi connectivity index (χ3n) is 8.03. The maximum absolute atomic E-state index is 12.9. The summed E-state index contributed by atoms with van der Waals surface area (Å²) < 4.78 is 11.7. The first-order valence-electron chi connectivity index (χ1n) is 11.5. The zero-order valence-corrected chi connectivity index (χ0v) is 18.8. The average Bonchev–Trinajstić information content (AvgIpc) is 3.18. The van der Waals surface area contributed by atoms with Crippen LogP contribution in [-0.4, -0.2) is 54.8 Å². The number of carbonyl (C=O) groups is 1. The predicted molar refractivity (Wildman–Crippen MR) is 126 cm³/mol. The van der Waals surface area contributed by atoms with Crippen molar-refractivity contribution in [1.29, 1.82) is 0 Å². The molecule has 2 bridgehead atoms. The molecule has 2 aliphatic carbocycles. The van der Waals surface area contributed by atoms with E-state index in [-0.39, 0.29) is 29.2 Å². The van der Waals surface area contributed by atoms with Gasteiger partial charge in [0.1, 0.15) is 11.9 Å². The number of carbonyl (C=O) groups excluding carboxylic acids is 1. The fourth-order valence-electron chi connectivity index (χ4n) is 6.49. The summed E-state index contributed by atoms with van der Waals surface area (Å²) in [6.07, 6.45) is 9.38. The molecule has 2 aromatic rings. The van der Waals surface area contributed by atoms with Crippen LogP contribution >= 0.6 is 0 Å². The molecule has 2 heterocycles. The van der Waals surface area contributed by atoms with Crippen LogP contribution in [-0.2, 0) is 16.6 Å². The molecule has 33 heavy (non-hydrogen) atoms. The van der Waals surface area contributed by atoms with Gasteiger partial charge in [0.25, 0.3) is 0 Å². The van der Waals surface area contributed by atoms with Crippen molar-refractivity contribution in [2.45, 2.75) is 36.4 Å². The molecule has 6 rings (SSSR count). The first-order chi connectivity index (χ1) is 16.0. The predicted octanol–water partition coefficient (Wildman–Crippen LogP) is 3.04. The lowest BCUT2D eigenvalue weighted by Crippen LogP contribution is -2.66. The number of aromatic hydroxyl groups is 1. The molecule has 6 nitrogen and oxygen atoms in total. The first-order valence-corrected chi connectivity index (χ1v) is 11.5. The Bertz CT molecular complexity index is 1170. The molecule has 0 unspecified atom stereocenters. The number of piperidine rings is 1. The third kappa shape index (κ3) is 2.93. The average molecular weight is 445 g/mol. The van der Waals surface area contributed by atoms with Crippen LogP contribution in [0.25, 0.3) is 6.08 Å². The molecule has 1 amide bonds. The molecule has 170 valence electrons. The van der Waals surface area contributed by atoms with E-state index in [4.69, 9.17) is 9.47 Å². The molecule has 4 aliphatic rings. The van der Waals surface area contributed by atoms with Crippen molar-refractivity contribution in [1.82, 2.24) is 10.2 Å². The van der Waals surface area contributed by atoms with E-state index < -0.39 is 0 Å². The molecule has 0 aromatic heterocycles. The number of amides is 1. The molecule has 0 saturated carbocycles. The number of ether oxygens (including phenoxy) is 2. The van der Waals surface area contributed by atoms with Gasteiger partial charge in [0, 0.05) is 29.0 Å². The van der Waals surface area contributed by atoms with Gasteiger partial charge in [0.15, 0.2) is 11.5 Å². The van der Waals surface area contributed by atoms with Gasteiger partial charge >= 0.3 is 0 Å². The van der Waals surface area contributed by atoms with E-state index in [1.165, 1.54) is 11.1 Å². The van der Waals surface area contributed by atoms with Crippen LogP contribution in [0, 0.1) is 5.92 Å². The van der Waals surface area contributed by atoms with E-state index in [1.54, 1.807) is 25.3 Å². The smallest absolute Gasteiger partial charge is 0.244 e. The Labute approximate surface area is 193 Å². The molecule has 2 aliphatic heterocycles. The first kappa shape index (κ1) is 20.4. The molecule has 6 heteroatoms. The van der Waals surface area contributed by atoms with E-state index in [0.717, 1.165) is 30.7 Å². The summed E-state index contributed by atoms with van der Waals surface area (Å²) in [6.45, 7) is 0.974. The van der Waals surface area contributed by atoms with Crippen LogP contribution in [0.4, 0.5) is 0 Å². The molecule has 2 aromatic carbocycles. The normalized spacial score (nSPS) is 31.2. The van der Waals surface area contributed by atoms with Gasteiger partial charge in [-0.25, -0.2) is 0 Å². The molecule has 2 N–H and O–H groups in total. The second-order valence-electron chi connectivity index (χ2n) is 9.58. The highest BCUT2D eigenvalue weighted by Crippen LogP contribution is 2.62. The SMILES string of the molecule is COc1ccc(/C=C/C(=O)N[C@@H]2C=C[C@H]3[C@H]4Cc5ccc(O)c6c5[C@@]3(CCN4C)[C@H]2O6)cc1. The van der Waals surface area contributed by atoms with Gasteiger partial charge in [0.05, 0.1) is 13.2 Å². The van der Waals surface area contributed by atoms with Crippen molar-refractivity contribution in [3.05, 3.63) is 71.3 Å². The summed E-state index contributed by atoms with van der Waals surface area (Å²) in [4.78, 5) is 15.3. The molecular weight excluding hydrogens is 416 g/mol. The number of methoxy groups -OCH3 is 1. The van der Waals surface area contributed by atoms with Crippen molar-refractivity contribution in [2.24, 2.45) is 5.92 Å². The number of phenolic OH excluding ortho intramolecular Hbond substituents is 1. The molecule has 1 spiro atoms. The lowest BCUT2D eigenvalue weighted by molar-refractivity contribution is -0.118. The maximum Gasteiger partial charge on any atom is 0.244 e. The summed E-state index contributed by atoms with van der Waals surface area (Å²) in [7, 11) is 3.82. The standard InChI is InChI=1S/C27H28N2O4/c1-29-14-13-27-19-9-10-20(28-23(31)12-5-16-3-7-18(32-2)8-4-16)26(27)33-25-22(30)11-6-17(24(25)27)15-21(19)29/h3-12,19-21,26,30H,13-15H2,1-2H3,(H,28,31)/b12-5+/t19-,20+,21+,26-,27-/m0/s1. The Balaban J connectivity index is 1.30. The van der Waals surface area contributed by atoms with Gasteiger partial charge in [-0.05, 0) is 61.8 Å². The Morgan fingerprint density at radius 2 is 2.06 bits per heavy atom. The van der Waals surface area contributed by atoms with Crippen LogP contribution in [0.2, 0.25) is 0 Å². The van der Waals surface area contributed by atoms with E-state index >= 15 is 0 Å². The molecule has 5 atom stereocenters. The largest absolute Gasteiger partial charge is 0.504 e. The lowest BCUT2D eigenvalue weighted by atomic mass is 9.53. The summed E-state index contributed by atoms with van der Waals surface area (Å²) in [6, 6.07) is 11.5. The Hall–Kier alpha value is -3.25. The molecule has 1 fully saturated rings. The van der Waals surface area contributed by atoms with Crippen LogP contribution < -0.4 is 14.8 Å². The van der Waals surface area contributed by atoms with Crippen molar-refractivity contribution >= 4 is 12.0 Å². The highest BCUT2D eigenvalue weighted by atomic mass is 16.5. The van der Waals surface area contributed by atoms with Crippen molar-refractivity contribution in [3.63, 3.8) is 0 Å². The number of hydrogen-bond donors (Lipinski definition) is 2. The second kappa shape index (κ2) is 7.39. The summed E-state index contributed by atoms with van der Waals surface area (Å²) in [5.41, 5.74) is 3.14. The second-order valence-corrected chi connectivity index (χ2v) is 9.58. The third-order valence-corrected chi connectivity index (χ3v) is 8.03. The Morgan fingerprint density at radius 3 is 2.85 bits per heavy atom. The molecule has 0 radical (unpaired) electrons. The summed E-state index contributed by atoms with van der Waals surface area (Å²) in [5.74, 6) is 1.72. The number of nitrogens with one attached hydrogen (secondary N) is 1. The van der Waals surface area contributed by atoms with Crippen LogP contribution in [0.5, 0.6) is 17.2 Å². The van der Waals surface area contributed by atoms with E-state index in [2.05, 4.69) is 29.4 Å². The van der Waals surface area contributed by atoms with Crippen LogP contribution in [0.1, 0.15) is 23.1 Å².